The van der Waals surface area contributed by atoms with Crippen LogP contribution in [0.1, 0.15) is 22.3 Å². The van der Waals surface area contributed by atoms with Gasteiger partial charge in [-0.1, -0.05) is 206 Å². The Morgan fingerprint density at radius 3 is 1.48 bits per heavy atom. The van der Waals surface area contributed by atoms with Crippen LogP contribution in [0.25, 0.3) is 66.4 Å². The van der Waals surface area contributed by atoms with Gasteiger partial charge in [0, 0.05) is 33.3 Å². The number of hydrogen-bond donors (Lipinski definition) is 0. The van der Waals surface area contributed by atoms with Gasteiger partial charge in [0.25, 0.3) is 0 Å². The van der Waals surface area contributed by atoms with E-state index in [0.717, 1.165) is 61.3 Å². The predicted molar refractivity (Wildman–Crippen MR) is 262 cm³/mol. The summed E-state index contributed by atoms with van der Waals surface area (Å²) in [6, 6.07) is 89.9. The van der Waals surface area contributed by atoms with Crippen LogP contribution < -0.4 is 4.90 Å². The molecule has 0 fully saturated rings. The van der Waals surface area contributed by atoms with Crippen LogP contribution in [0.4, 0.5) is 17.1 Å². The van der Waals surface area contributed by atoms with Crippen molar-refractivity contribution in [2.75, 3.05) is 4.90 Å². The molecule has 0 spiro atoms. The average Bonchev–Trinajstić information content (AvgIpc) is 3.90. The van der Waals surface area contributed by atoms with E-state index in [9.17, 15) is 0 Å². The van der Waals surface area contributed by atoms with Gasteiger partial charge in [0.1, 0.15) is 11.2 Å². The lowest BCUT2D eigenvalue weighted by atomic mass is 9.67. The normalized spacial score (nSPS) is 12.6. The molecule has 0 saturated carbocycles. The second-order valence-corrected chi connectivity index (χ2v) is 16.4. The molecule has 0 radical (unpaired) electrons. The van der Waals surface area contributed by atoms with Crippen LogP contribution in [0, 0.1) is 0 Å². The number of anilines is 3. The number of para-hydroxylation sites is 2. The summed E-state index contributed by atoms with van der Waals surface area (Å²) in [5, 5.41) is 2.24. The molecule has 1 aromatic heterocycles. The van der Waals surface area contributed by atoms with E-state index in [1.165, 1.54) is 44.5 Å². The van der Waals surface area contributed by atoms with Gasteiger partial charge in [0.05, 0.1) is 11.1 Å². The smallest absolute Gasteiger partial charge is 0.144 e. The molecule has 296 valence electrons. The van der Waals surface area contributed by atoms with Gasteiger partial charge in [-0.25, -0.2) is 0 Å². The zero-order valence-corrected chi connectivity index (χ0v) is 34.5. The highest BCUT2D eigenvalue weighted by Gasteiger charge is 2.47. The summed E-state index contributed by atoms with van der Waals surface area (Å²) in [6.45, 7) is 0. The molecule has 0 N–H and O–H groups in total. The Labute approximate surface area is 367 Å². The van der Waals surface area contributed by atoms with Gasteiger partial charge in [-0.2, -0.15) is 0 Å². The van der Waals surface area contributed by atoms with E-state index in [0.29, 0.717) is 0 Å². The van der Waals surface area contributed by atoms with Crippen LogP contribution in [-0.4, -0.2) is 0 Å². The Morgan fingerprint density at radius 1 is 0.349 bits per heavy atom. The summed E-state index contributed by atoms with van der Waals surface area (Å²) in [5.74, 6) is 0. The Kier molecular flexibility index (Phi) is 8.76. The first-order valence-electron chi connectivity index (χ1n) is 21.7. The topological polar surface area (TPSA) is 16.4 Å². The number of rotatable bonds is 8. The van der Waals surface area contributed by atoms with Gasteiger partial charge >= 0.3 is 0 Å². The van der Waals surface area contributed by atoms with Crippen LogP contribution in [0.15, 0.2) is 253 Å². The molecule has 10 aromatic carbocycles. The van der Waals surface area contributed by atoms with Crippen LogP contribution in [0.2, 0.25) is 0 Å². The molecule has 0 aliphatic heterocycles. The highest BCUT2D eigenvalue weighted by Crippen LogP contribution is 2.60. The third-order valence-corrected chi connectivity index (χ3v) is 13.0. The quantitative estimate of drug-likeness (QED) is 0.152. The minimum Gasteiger partial charge on any atom is -0.455 e. The van der Waals surface area contributed by atoms with Crippen molar-refractivity contribution in [3.63, 3.8) is 0 Å². The summed E-state index contributed by atoms with van der Waals surface area (Å²) in [5.41, 5.74) is 18.8. The molecule has 0 saturated heterocycles. The molecule has 11 aromatic rings. The largest absolute Gasteiger partial charge is 0.455 e. The fraction of sp³-hybridized carbons (Fsp3) is 0.0164. The first-order valence-corrected chi connectivity index (χ1v) is 21.7. The Balaban J connectivity index is 1.08. The van der Waals surface area contributed by atoms with E-state index in [4.69, 9.17) is 4.42 Å². The van der Waals surface area contributed by atoms with E-state index in [1.54, 1.807) is 0 Å². The summed E-state index contributed by atoms with van der Waals surface area (Å²) >= 11 is 0. The molecule has 0 amide bonds. The van der Waals surface area contributed by atoms with Crippen LogP contribution >= 0.6 is 0 Å². The van der Waals surface area contributed by atoms with E-state index >= 15 is 0 Å². The van der Waals surface area contributed by atoms with Crippen molar-refractivity contribution in [1.82, 2.24) is 0 Å². The molecule has 0 bridgehead atoms. The SMILES string of the molecule is c1ccc(-c2ccc(N(c3ccc(-c4cc5c(c6oc7ccccc7c46)-c4ccccc4C5(c4ccccc4)c4ccccc4)cc3)c3ccccc3-c3ccccc3)cc2)cc1. The molecular weight excluding hydrogens is 763 g/mol. The Hall–Kier alpha value is -8.20. The molecule has 2 nitrogen and oxygen atoms in total. The first-order chi connectivity index (χ1) is 31.3. The third kappa shape index (κ3) is 5.87. The highest BCUT2D eigenvalue weighted by atomic mass is 16.3. The van der Waals surface area contributed by atoms with Crippen molar-refractivity contribution in [3.8, 4) is 44.5 Å². The fourth-order valence-corrected chi connectivity index (χ4v) is 10.2. The molecular formula is C61H41NO. The van der Waals surface area contributed by atoms with E-state index in [-0.39, 0.29) is 0 Å². The lowest BCUT2D eigenvalue weighted by Gasteiger charge is -2.34. The minimum absolute atomic E-state index is 0.569. The van der Waals surface area contributed by atoms with Crippen LogP contribution in [0.5, 0.6) is 0 Å². The molecule has 0 atom stereocenters. The summed E-state index contributed by atoms with van der Waals surface area (Å²) < 4.78 is 7.05. The monoisotopic (exact) mass is 803 g/mol. The summed E-state index contributed by atoms with van der Waals surface area (Å²) in [4.78, 5) is 2.39. The van der Waals surface area contributed by atoms with Crippen molar-refractivity contribution >= 4 is 39.0 Å². The lowest BCUT2D eigenvalue weighted by Crippen LogP contribution is -2.28. The highest BCUT2D eigenvalue weighted by molar-refractivity contribution is 6.18. The molecule has 1 aliphatic carbocycles. The van der Waals surface area contributed by atoms with Gasteiger partial charge in [-0.3, -0.25) is 0 Å². The van der Waals surface area contributed by atoms with Crippen molar-refractivity contribution in [2.45, 2.75) is 5.41 Å². The van der Waals surface area contributed by atoms with Crippen molar-refractivity contribution in [3.05, 3.63) is 271 Å². The predicted octanol–water partition coefficient (Wildman–Crippen LogP) is 16.4. The second kappa shape index (κ2) is 15.1. The number of fused-ring (bicyclic) bond motifs is 7. The average molecular weight is 804 g/mol. The number of nitrogens with zero attached hydrogens (tertiary/aromatic N) is 1. The van der Waals surface area contributed by atoms with Gasteiger partial charge < -0.3 is 9.32 Å². The number of furan rings is 1. The molecule has 63 heavy (non-hydrogen) atoms. The molecule has 0 unspecified atom stereocenters. The maximum absolute atomic E-state index is 7.05. The maximum Gasteiger partial charge on any atom is 0.144 e. The van der Waals surface area contributed by atoms with Crippen molar-refractivity contribution in [1.29, 1.82) is 0 Å². The standard InChI is InChI=1S/C61H41NO/c1-5-19-42(20-6-1)43-33-37-48(38-34-43)62(56-31-17-14-27-50(56)44-21-7-2-8-22-44)49-39-35-45(36-40-49)53-41-55-59(60-58(53)52-29-15-18-32-57(52)63-60)51-28-13-16-30-54(51)61(55,46-23-9-3-10-24-46)47-25-11-4-12-26-47/h1-41H. The van der Waals surface area contributed by atoms with E-state index in [1.807, 2.05) is 0 Å². The number of benzene rings is 10. The number of hydrogen-bond acceptors (Lipinski definition) is 2. The van der Waals surface area contributed by atoms with Gasteiger partial charge in [-0.15, -0.1) is 0 Å². The van der Waals surface area contributed by atoms with E-state index < -0.39 is 5.41 Å². The Bertz CT molecular complexity index is 3370. The van der Waals surface area contributed by atoms with E-state index in [2.05, 4.69) is 254 Å². The van der Waals surface area contributed by atoms with Crippen molar-refractivity contribution < 1.29 is 4.42 Å². The Morgan fingerprint density at radius 2 is 0.825 bits per heavy atom. The zero-order valence-electron chi connectivity index (χ0n) is 34.5. The van der Waals surface area contributed by atoms with Crippen molar-refractivity contribution in [2.24, 2.45) is 0 Å². The minimum atomic E-state index is -0.569. The second-order valence-electron chi connectivity index (χ2n) is 16.4. The van der Waals surface area contributed by atoms with Gasteiger partial charge in [0.15, 0.2) is 0 Å². The molecule has 1 aliphatic rings. The summed E-state index contributed by atoms with van der Waals surface area (Å²) in [7, 11) is 0. The zero-order chi connectivity index (χ0) is 41.7. The van der Waals surface area contributed by atoms with Crippen LogP contribution in [0.3, 0.4) is 0 Å². The first kappa shape index (κ1) is 36.6. The summed E-state index contributed by atoms with van der Waals surface area (Å²) in [6.07, 6.45) is 0. The van der Waals surface area contributed by atoms with Gasteiger partial charge in [-0.05, 0) is 98.1 Å². The van der Waals surface area contributed by atoms with Gasteiger partial charge in [0.2, 0.25) is 0 Å². The third-order valence-electron chi connectivity index (χ3n) is 13.0. The van der Waals surface area contributed by atoms with Crippen LogP contribution in [-0.2, 0) is 5.41 Å². The lowest BCUT2D eigenvalue weighted by molar-refractivity contribution is 0.669. The fourth-order valence-electron chi connectivity index (χ4n) is 10.2. The molecule has 2 heteroatoms. The maximum atomic E-state index is 7.05. The molecule has 1 heterocycles. The molecule has 12 rings (SSSR count).